The zero-order chi connectivity index (χ0) is 15.2. The highest BCUT2D eigenvalue weighted by atomic mass is 35.5. The van der Waals surface area contributed by atoms with Crippen molar-refractivity contribution in [1.82, 2.24) is 10.2 Å². The highest BCUT2D eigenvalue weighted by Crippen LogP contribution is 2.20. The van der Waals surface area contributed by atoms with Gasteiger partial charge in [-0.2, -0.15) is 0 Å². The third-order valence-corrected chi connectivity index (χ3v) is 4.67. The number of piperidine rings is 1. The Morgan fingerprint density at radius 2 is 2.04 bits per heavy atom. The number of nitrogens with zero attached hydrogens (tertiary/aromatic N) is 1. The van der Waals surface area contributed by atoms with Gasteiger partial charge in [0, 0.05) is 19.0 Å². The molecule has 0 aliphatic carbocycles. The van der Waals surface area contributed by atoms with E-state index in [0.717, 1.165) is 39.1 Å². The second kappa shape index (κ2) is 9.26. The van der Waals surface area contributed by atoms with E-state index >= 15 is 0 Å². The molecule has 2 saturated heterocycles. The third-order valence-electron chi connectivity index (χ3n) is 4.67. The molecule has 0 saturated carbocycles. The molecule has 5 heteroatoms. The number of benzene rings is 1. The Hall–Kier alpha value is -1.10. The second-order valence-corrected chi connectivity index (χ2v) is 6.44. The van der Waals surface area contributed by atoms with E-state index in [2.05, 4.69) is 17.4 Å². The normalized spacial score (nSPS) is 24.3. The highest BCUT2D eigenvalue weighted by Gasteiger charge is 2.31. The van der Waals surface area contributed by atoms with Gasteiger partial charge >= 0.3 is 0 Å². The summed E-state index contributed by atoms with van der Waals surface area (Å²) in [6.45, 7) is 4.13. The molecule has 2 fully saturated rings. The van der Waals surface area contributed by atoms with Crippen molar-refractivity contribution in [2.45, 2.75) is 38.3 Å². The number of ether oxygens (including phenoxy) is 1. The molecule has 2 aliphatic heterocycles. The molecule has 1 aromatic rings. The van der Waals surface area contributed by atoms with Gasteiger partial charge in [0.15, 0.2) is 0 Å². The van der Waals surface area contributed by atoms with E-state index in [1.165, 1.54) is 18.4 Å². The van der Waals surface area contributed by atoms with Gasteiger partial charge in [0.25, 0.3) is 0 Å². The summed E-state index contributed by atoms with van der Waals surface area (Å²) >= 11 is 0. The van der Waals surface area contributed by atoms with Crippen LogP contribution in [-0.2, 0) is 16.1 Å². The minimum atomic E-state index is 0. The molecule has 1 amide bonds. The summed E-state index contributed by atoms with van der Waals surface area (Å²) in [4.78, 5) is 14.5. The van der Waals surface area contributed by atoms with E-state index in [4.69, 9.17) is 4.74 Å². The molecule has 0 bridgehead atoms. The van der Waals surface area contributed by atoms with Crippen molar-refractivity contribution in [2.75, 3.05) is 26.2 Å². The van der Waals surface area contributed by atoms with Crippen molar-refractivity contribution >= 4 is 18.3 Å². The highest BCUT2D eigenvalue weighted by molar-refractivity contribution is 5.85. The summed E-state index contributed by atoms with van der Waals surface area (Å²) in [6, 6.07) is 10.3. The number of likely N-dealkylation sites (tertiary alicyclic amines) is 1. The fraction of sp³-hybridized carbons (Fsp3) is 0.611. The predicted octanol–water partition coefficient (Wildman–Crippen LogP) is 2.62. The molecule has 0 spiro atoms. The molecule has 2 heterocycles. The summed E-state index contributed by atoms with van der Waals surface area (Å²) in [5, 5.41) is 3.35. The molecule has 0 aromatic heterocycles. The number of hydrogen-bond donors (Lipinski definition) is 1. The summed E-state index contributed by atoms with van der Waals surface area (Å²) in [6.07, 6.45) is 4.42. The van der Waals surface area contributed by atoms with Crippen molar-refractivity contribution in [2.24, 2.45) is 5.92 Å². The molecule has 3 rings (SSSR count). The SMILES string of the molecule is Cl.O=C(C1CCCCN1)N1CCC(COCc2ccccc2)C1. The topological polar surface area (TPSA) is 41.6 Å². The van der Waals surface area contributed by atoms with Crippen LogP contribution in [0.4, 0.5) is 0 Å². The van der Waals surface area contributed by atoms with Gasteiger partial charge < -0.3 is 15.0 Å². The average Bonchev–Trinajstić information content (AvgIpc) is 3.05. The maximum atomic E-state index is 12.5. The number of hydrogen-bond acceptors (Lipinski definition) is 3. The quantitative estimate of drug-likeness (QED) is 0.897. The van der Waals surface area contributed by atoms with Crippen LogP contribution >= 0.6 is 12.4 Å². The first-order chi connectivity index (χ1) is 10.8. The van der Waals surface area contributed by atoms with Crippen LogP contribution in [-0.4, -0.2) is 43.1 Å². The third kappa shape index (κ3) is 5.20. The monoisotopic (exact) mass is 338 g/mol. The Bertz CT molecular complexity index is 477. The molecule has 128 valence electrons. The summed E-state index contributed by atoms with van der Waals surface area (Å²) < 4.78 is 5.82. The molecule has 1 aromatic carbocycles. The molecule has 4 nitrogen and oxygen atoms in total. The Morgan fingerprint density at radius 1 is 1.22 bits per heavy atom. The molecule has 2 atom stereocenters. The Kier molecular flexibility index (Phi) is 7.34. The standard InChI is InChI=1S/C18H26N2O2.ClH/c21-18(17-8-4-5-10-19-17)20-11-9-16(12-20)14-22-13-15-6-2-1-3-7-15;/h1-3,6-7,16-17,19H,4-5,8-14H2;1H. The Balaban J connectivity index is 0.00000192. The minimum Gasteiger partial charge on any atom is -0.376 e. The van der Waals surface area contributed by atoms with Crippen LogP contribution in [0.5, 0.6) is 0 Å². The zero-order valence-corrected chi connectivity index (χ0v) is 14.4. The molecule has 1 N–H and O–H groups in total. The van der Waals surface area contributed by atoms with E-state index < -0.39 is 0 Å². The second-order valence-electron chi connectivity index (χ2n) is 6.44. The summed E-state index contributed by atoms with van der Waals surface area (Å²) in [7, 11) is 0. The maximum Gasteiger partial charge on any atom is 0.239 e. The van der Waals surface area contributed by atoms with Gasteiger partial charge in [0.2, 0.25) is 5.91 Å². The number of rotatable bonds is 5. The lowest BCUT2D eigenvalue weighted by Crippen LogP contribution is -2.47. The number of carbonyl (C=O) groups is 1. The van der Waals surface area contributed by atoms with Crippen LogP contribution in [0, 0.1) is 5.92 Å². The molecular weight excluding hydrogens is 312 g/mol. The number of halogens is 1. The van der Waals surface area contributed by atoms with Crippen molar-refractivity contribution in [3.63, 3.8) is 0 Å². The van der Waals surface area contributed by atoms with Crippen LogP contribution in [0.3, 0.4) is 0 Å². The maximum absolute atomic E-state index is 12.5. The van der Waals surface area contributed by atoms with Gasteiger partial charge in [-0.15, -0.1) is 12.4 Å². The molecule has 23 heavy (non-hydrogen) atoms. The molecule has 2 aliphatic rings. The smallest absolute Gasteiger partial charge is 0.239 e. The predicted molar refractivity (Wildman–Crippen MR) is 93.7 cm³/mol. The first-order valence-corrected chi connectivity index (χ1v) is 8.47. The van der Waals surface area contributed by atoms with Crippen molar-refractivity contribution in [1.29, 1.82) is 0 Å². The van der Waals surface area contributed by atoms with Crippen LogP contribution in [0.2, 0.25) is 0 Å². The summed E-state index contributed by atoms with van der Waals surface area (Å²) in [5.74, 6) is 0.779. The van der Waals surface area contributed by atoms with E-state index in [1.54, 1.807) is 0 Å². The van der Waals surface area contributed by atoms with Crippen LogP contribution in [0.25, 0.3) is 0 Å². The lowest BCUT2D eigenvalue weighted by Gasteiger charge is -2.27. The van der Waals surface area contributed by atoms with Gasteiger partial charge in [-0.3, -0.25) is 4.79 Å². The van der Waals surface area contributed by atoms with Gasteiger partial charge in [0.05, 0.1) is 19.3 Å². The lowest BCUT2D eigenvalue weighted by molar-refractivity contribution is -0.133. The largest absolute Gasteiger partial charge is 0.376 e. The number of carbonyl (C=O) groups excluding carboxylic acids is 1. The molecule has 2 unspecified atom stereocenters. The number of nitrogens with one attached hydrogen (secondary N) is 1. The number of amides is 1. The zero-order valence-electron chi connectivity index (χ0n) is 13.6. The van der Waals surface area contributed by atoms with E-state index in [-0.39, 0.29) is 18.4 Å². The van der Waals surface area contributed by atoms with Crippen LogP contribution in [0.15, 0.2) is 30.3 Å². The fourth-order valence-corrected chi connectivity index (χ4v) is 3.37. The minimum absolute atomic E-state index is 0. The fourth-order valence-electron chi connectivity index (χ4n) is 3.37. The van der Waals surface area contributed by atoms with Crippen molar-refractivity contribution in [3.8, 4) is 0 Å². The van der Waals surface area contributed by atoms with Gasteiger partial charge in [-0.25, -0.2) is 0 Å². The van der Waals surface area contributed by atoms with E-state index in [1.807, 2.05) is 23.1 Å². The van der Waals surface area contributed by atoms with E-state index in [0.29, 0.717) is 18.4 Å². The van der Waals surface area contributed by atoms with Crippen LogP contribution in [0.1, 0.15) is 31.2 Å². The first-order valence-electron chi connectivity index (χ1n) is 8.47. The Labute approximate surface area is 145 Å². The Morgan fingerprint density at radius 3 is 2.78 bits per heavy atom. The summed E-state index contributed by atoms with van der Waals surface area (Å²) in [5.41, 5.74) is 1.21. The van der Waals surface area contributed by atoms with E-state index in [9.17, 15) is 4.79 Å². The lowest BCUT2D eigenvalue weighted by atomic mass is 10.0. The van der Waals surface area contributed by atoms with Gasteiger partial charge in [-0.05, 0) is 31.4 Å². The van der Waals surface area contributed by atoms with Gasteiger partial charge in [0.1, 0.15) is 0 Å². The van der Waals surface area contributed by atoms with Gasteiger partial charge in [-0.1, -0.05) is 36.8 Å². The molecule has 0 radical (unpaired) electrons. The van der Waals surface area contributed by atoms with Crippen LogP contribution < -0.4 is 5.32 Å². The van der Waals surface area contributed by atoms with Crippen molar-refractivity contribution < 1.29 is 9.53 Å². The first kappa shape index (κ1) is 18.2. The van der Waals surface area contributed by atoms with Crippen molar-refractivity contribution in [3.05, 3.63) is 35.9 Å². The molecular formula is C18H27ClN2O2. The average molecular weight is 339 g/mol.